The Morgan fingerprint density at radius 2 is 2.00 bits per heavy atom. The summed E-state index contributed by atoms with van der Waals surface area (Å²) >= 11 is 0. The number of rotatable bonds is 12. The first-order valence-electron chi connectivity index (χ1n) is 13.4. The van der Waals surface area contributed by atoms with E-state index in [4.69, 9.17) is 18.9 Å². The van der Waals surface area contributed by atoms with Gasteiger partial charge in [-0.2, -0.15) is 0 Å². The zero-order valence-corrected chi connectivity index (χ0v) is 22.3. The molecule has 8 nitrogen and oxygen atoms in total. The van der Waals surface area contributed by atoms with Crippen molar-refractivity contribution in [2.45, 2.75) is 38.4 Å². The average Bonchev–Trinajstić information content (AvgIpc) is 2.95. The van der Waals surface area contributed by atoms with Crippen molar-refractivity contribution in [3.05, 3.63) is 53.6 Å². The molecule has 1 amide bonds. The summed E-state index contributed by atoms with van der Waals surface area (Å²) in [4.78, 5) is 14.4. The van der Waals surface area contributed by atoms with Gasteiger partial charge in [0, 0.05) is 52.2 Å². The van der Waals surface area contributed by atoms with Crippen LogP contribution in [0.25, 0.3) is 0 Å². The Bertz CT molecular complexity index is 1000. The molecule has 2 aromatic carbocycles. The molecule has 0 spiro atoms. The van der Waals surface area contributed by atoms with Crippen molar-refractivity contribution >= 4 is 11.6 Å². The molecule has 2 aromatic rings. The topological polar surface area (TPSA) is 81.3 Å². The highest BCUT2D eigenvalue weighted by atomic mass is 16.5. The minimum absolute atomic E-state index is 0.0317. The molecule has 0 aliphatic carbocycles. The Morgan fingerprint density at radius 1 is 1.16 bits per heavy atom. The first kappa shape index (κ1) is 27.2. The van der Waals surface area contributed by atoms with E-state index >= 15 is 0 Å². The summed E-state index contributed by atoms with van der Waals surface area (Å²) in [6, 6.07) is 14.6. The van der Waals surface area contributed by atoms with Gasteiger partial charge in [0.1, 0.15) is 18.1 Å². The van der Waals surface area contributed by atoms with Crippen molar-refractivity contribution in [3.8, 4) is 11.5 Å². The first-order valence-corrected chi connectivity index (χ1v) is 13.4. The summed E-state index contributed by atoms with van der Waals surface area (Å²) in [6.07, 6.45) is 1.43. The molecular weight excluding hydrogens is 470 g/mol. The zero-order chi connectivity index (χ0) is 26.0. The van der Waals surface area contributed by atoms with E-state index in [1.165, 1.54) is 5.56 Å². The average molecular weight is 512 g/mol. The molecule has 1 fully saturated rings. The molecule has 0 aromatic heterocycles. The van der Waals surface area contributed by atoms with Gasteiger partial charge in [-0.15, -0.1) is 0 Å². The van der Waals surface area contributed by atoms with E-state index in [1.54, 1.807) is 14.2 Å². The largest absolute Gasteiger partial charge is 0.497 e. The Labute approximate surface area is 220 Å². The number of piperidine rings is 1. The SMILES string of the molecule is CCC(=O)NC[C@@H]1CNC[C@H](OCc2ccc3c(c2)N(CCCOC)CCO3)C1c1ccc(OC)cc1. The van der Waals surface area contributed by atoms with Crippen LogP contribution >= 0.6 is 0 Å². The van der Waals surface area contributed by atoms with Crippen LogP contribution in [0.3, 0.4) is 0 Å². The maximum absolute atomic E-state index is 12.0. The monoisotopic (exact) mass is 511 g/mol. The van der Waals surface area contributed by atoms with Crippen molar-refractivity contribution in [3.63, 3.8) is 0 Å². The molecule has 2 N–H and O–H groups in total. The molecule has 3 atom stereocenters. The van der Waals surface area contributed by atoms with Gasteiger partial charge in [0.15, 0.2) is 0 Å². The second kappa shape index (κ2) is 13.7. The number of amides is 1. The Morgan fingerprint density at radius 3 is 2.76 bits per heavy atom. The molecule has 2 aliphatic rings. The summed E-state index contributed by atoms with van der Waals surface area (Å²) in [7, 11) is 3.42. The fraction of sp³-hybridized carbons (Fsp3) is 0.552. The number of benzene rings is 2. The van der Waals surface area contributed by atoms with Crippen LogP contribution in [0.2, 0.25) is 0 Å². The fourth-order valence-electron chi connectivity index (χ4n) is 5.26. The number of ether oxygens (including phenoxy) is 4. The molecule has 0 bridgehead atoms. The van der Waals surface area contributed by atoms with Gasteiger partial charge in [-0.1, -0.05) is 25.1 Å². The number of anilines is 1. The van der Waals surface area contributed by atoms with Gasteiger partial charge in [-0.3, -0.25) is 4.79 Å². The lowest BCUT2D eigenvalue weighted by molar-refractivity contribution is -0.121. The fourth-order valence-corrected chi connectivity index (χ4v) is 5.26. The third-order valence-electron chi connectivity index (χ3n) is 7.27. The van der Waals surface area contributed by atoms with Gasteiger partial charge in [0.2, 0.25) is 5.91 Å². The number of hydrogen-bond donors (Lipinski definition) is 2. The van der Waals surface area contributed by atoms with Gasteiger partial charge in [0.25, 0.3) is 0 Å². The molecule has 0 radical (unpaired) electrons. The number of hydrogen-bond acceptors (Lipinski definition) is 7. The first-order chi connectivity index (χ1) is 18.1. The lowest BCUT2D eigenvalue weighted by atomic mass is 9.79. The molecule has 4 rings (SSSR count). The number of nitrogens with zero attached hydrogens (tertiary/aromatic N) is 1. The van der Waals surface area contributed by atoms with E-state index in [-0.39, 0.29) is 23.8 Å². The number of methoxy groups -OCH3 is 2. The van der Waals surface area contributed by atoms with E-state index in [1.807, 2.05) is 19.1 Å². The normalized spacial score (nSPS) is 21.2. The van der Waals surface area contributed by atoms with Gasteiger partial charge in [0.05, 0.1) is 32.1 Å². The summed E-state index contributed by atoms with van der Waals surface area (Å²) in [6.45, 7) is 7.84. The minimum atomic E-state index is -0.0317. The predicted octanol–water partition coefficient (Wildman–Crippen LogP) is 3.35. The van der Waals surface area contributed by atoms with Crippen molar-refractivity contribution in [2.75, 3.05) is 65.1 Å². The Hall–Kier alpha value is -2.81. The molecule has 202 valence electrons. The minimum Gasteiger partial charge on any atom is -0.497 e. The second-order valence-electron chi connectivity index (χ2n) is 9.71. The molecule has 2 aliphatic heterocycles. The molecule has 1 unspecified atom stereocenters. The molecule has 1 saturated heterocycles. The highest BCUT2D eigenvalue weighted by Crippen LogP contribution is 2.35. The Kier molecular flexibility index (Phi) is 10.0. The van der Waals surface area contributed by atoms with E-state index in [9.17, 15) is 4.79 Å². The highest BCUT2D eigenvalue weighted by Gasteiger charge is 2.35. The summed E-state index contributed by atoms with van der Waals surface area (Å²) < 4.78 is 23.1. The third-order valence-corrected chi connectivity index (χ3v) is 7.27. The maximum Gasteiger partial charge on any atom is 0.219 e. The van der Waals surface area contributed by atoms with Crippen LogP contribution in [0.5, 0.6) is 11.5 Å². The van der Waals surface area contributed by atoms with Crippen LogP contribution in [-0.4, -0.2) is 72.2 Å². The summed E-state index contributed by atoms with van der Waals surface area (Å²) in [5.41, 5.74) is 3.44. The lowest BCUT2D eigenvalue weighted by Gasteiger charge is -2.39. The van der Waals surface area contributed by atoms with Crippen LogP contribution < -0.4 is 25.0 Å². The van der Waals surface area contributed by atoms with Gasteiger partial charge in [-0.05, 0) is 47.7 Å². The number of nitrogens with one attached hydrogen (secondary N) is 2. The molecule has 2 heterocycles. The quantitative estimate of drug-likeness (QED) is 0.423. The smallest absolute Gasteiger partial charge is 0.219 e. The molecule has 0 saturated carbocycles. The molecular formula is C29H41N3O5. The van der Waals surface area contributed by atoms with Crippen LogP contribution in [0.1, 0.15) is 36.8 Å². The van der Waals surface area contributed by atoms with Crippen LogP contribution in [0, 0.1) is 5.92 Å². The number of fused-ring (bicyclic) bond motifs is 1. The lowest BCUT2D eigenvalue weighted by Crippen LogP contribution is -2.50. The molecule has 37 heavy (non-hydrogen) atoms. The van der Waals surface area contributed by atoms with E-state index in [0.717, 1.165) is 62.0 Å². The van der Waals surface area contributed by atoms with Crippen LogP contribution in [0.15, 0.2) is 42.5 Å². The van der Waals surface area contributed by atoms with Crippen molar-refractivity contribution in [1.82, 2.24) is 10.6 Å². The third kappa shape index (κ3) is 7.15. The summed E-state index contributed by atoms with van der Waals surface area (Å²) in [5, 5.41) is 6.62. The maximum atomic E-state index is 12.0. The summed E-state index contributed by atoms with van der Waals surface area (Å²) in [5.74, 6) is 2.20. The molecule has 8 heteroatoms. The van der Waals surface area contributed by atoms with Crippen LogP contribution in [0.4, 0.5) is 5.69 Å². The van der Waals surface area contributed by atoms with Gasteiger partial charge < -0.3 is 34.5 Å². The van der Waals surface area contributed by atoms with Crippen molar-refractivity contribution in [2.24, 2.45) is 5.92 Å². The van der Waals surface area contributed by atoms with Gasteiger partial charge in [-0.25, -0.2) is 0 Å². The predicted molar refractivity (Wildman–Crippen MR) is 145 cm³/mol. The van der Waals surface area contributed by atoms with Crippen LogP contribution in [-0.2, 0) is 20.9 Å². The zero-order valence-electron chi connectivity index (χ0n) is 22.3. The standard InChI is InChI=1S/C29H41N3O5/c1-4-28(33)31-18-23-17-30-19-27(29(23)22-7-9-24(35-3)10-8-22)37-20-21-6-11-26-25(16-21)32(13-15-36-26)12-5-14-34-2/h6-11,16,23,27,29-30H,4-5,12-15,17-20H2,1-3H3,(H,31,33)/t23-,27-,29?/m0/s1. The van der Waals surface area contributed by atoms with Crippen molar-refractivity contribution in [1.29, 1.82) is 0 Å². The van der Waals surface area contributed by atoms with Gasteiger partial charge >= 0.3 is 0 Å². The van der Waals surface area contributed by atoms with E-state index in [2.05, 4.69) is 45.9 Å². The highest BCUT2D eigenvalue weighted by molar-refractivity contribution is 5.75. The van der Waals surface area contributed by atoms with E-state index < -0.39 is 0 Å². The van der Waals surface area contributed by atoms with Crippen molar-refractivity contribution < 1.29 is 23.7 Å². The van der Waals surface area contributed by atoms with E-state index in [0.29, 0.717) is 26.2 Å². The number of carbonyl (C=O) groups is 1. The number of carbonyl (C=O) groups excluding carboxylic acids is 1. The Balaban J connectivity index is 1.48. The second-order valence-corrected chi connectivity index (χ2v) is 9.71.